The molecule has 9 nitrogen and oxygen atoms in total. The monoisotopic (exact) mass is 562 g/mol. The van der Waals surface area contributed by atoms with E-state index < -0.39 is 5.97 Å². The number of methoxy groups -OCH3 is 1. The van der Waals surface area contributed by atoms with Crippen molar-refractivity contribution < 1.29 is 19.1 Å². The zero-order valence-corrected chi connectivity index (χ0v) is 23.1. The number of ether oxygens (including phenoxy) is 2. The molecule has 4 aromatic rings. The highest BCUT2D eigenvalue weighted by molar-refractivity contribution is 7.99. The summed E-state index contributed by atoms with van der Waals surface area (Å²) in [5.41, 5.74) is 4.89. The number of nitrogens with one attached hydrogen (secondary N) is 1. The van der Waals surface area contributed by atoms with Crippen LogP contribution in [0.4, 0.5) is 0 Å². The Morgan fingerprint density at radius 3 is 2.72 bits per heavy atom. The van der Waals surface area contributed by atoms with Gasteiger partial charge in [-0.1, -0.05) is 30.0 Å². The molecule has 5 rings (SSSR count). The number of thioether (sulfide) groups is 1. The number of nitrogens with zero attached hydrogens (tertiary/aromatic N) is 3. The molecule has 0 unspecified atom stereocenters. The summed E-state index contributed by atoms with van der Waals surface area (Å²) in [7, 11) is 1.47. The van der Waals surface area contributed by atoms with E-state index >= 15 is 0 Å². The van der Waals surface area contributed by atoms with Gasteiger partial charge in [0.05, 0.1) is 30.2 Å². The van der Waals surface area contributed by atoms with Crippen molar-refractivity contribution in [3.63, 3.8) is 0 Å². The molecule has 39 heavy (non-hydrogen) atoms. The number of thiophene rings is 1. The summed E-state index contributed by atoms with van der Waals surface area (Å²) in [5.74, 6) is -0.125. The van der Waals surface area contributed by atoms with E-state index in [-0.39, 0.29) is 17.2 Å². The third-order valence-corrected chi connectivity index (χ3v) is 8.27. The number of rotatable bonds is 8. The van der Waals surface area contributed by atoms with Crippen LogP contribution in [0.2, 0.25) is 0 Å². The molecule has 1 aliphatic carbocycles. The van der Waals surface area contributed by atoms with Crippen molar-refractivity contribution in [2.45, 2.75) is 37.8 Å². The maximum Gasteiger partial charge on any atom is 0.308 e. The predicted molar refractivity (Wildman–Crippen MR) is 153 cm³/mol. The number of carbonyl (C=O) groups excluding carboxylic acids is 2. The molecule has 0 atom stereocenters. The van der Waals surface area contributed by atoms with Crippen molar-refractivity contribution in [2.24, 2.45) is 5.10 Å². The van der Waals surface area contributed by atoms with Crippen molar-refractivity contribution in [1.29, 1.82) is 0 Å². The fourth-order valence-electron chi connectivity index (χ4n) is 4.43. The first-order valence-electron chi connectivity index (χ1n) is 12.4. The molecular weight excluding hydrogens is 536 g/mol. The molecule has 0 aliphatic heterocycles. The van der Waals surface area contributed by atoms with Gasteiger partial charge < -0.3 is 9.47 Å². The Morgan fingerprint density at radius 1 is 1.15 bits per heavy atom. The maximum atomic E-state index is 13.7. The van der Waals surface area contributed by atoms with Crippen LogP contribution in [0.1, 0.15) is 35.8 Å². The van der Waals surface area contributed by atoms with Gasteiger partial charge in [-0.3, -0.25) is 19.0 Å². The number of hydrogen-bond donors (Lipinski definition) is 1. The lowest BCUT2D eigenvalue weighted by Crippen LogP contribution is -2.24. The summed E-state index contributed by atoms with van der Waals surface area (Å²) in [5, 5.41) is 5.19. The summed E-state index contributed by atoms with van der Waals surface area (Å²) >= 11 is 2.77. The number of fused-ring (bicyclic) bond motifs is 3. The van der Waals surface area contributed by atoms with E-state index in [0.717, 1.165) is 36.1 Å². The van der Waals surface area contributed by atoms with E-state index in [0.29, 0.717) is 33.3 Å². The molecule has 2 aromatic heterocycles. The van der Waals surface area contributed by atoms with Gasteiger partial charge in [-0.05, 0) is 67.1 Å². The van der Waals surface area contributed by atoms with Crippen LogP contribution in [0.15, 0.2) is 63.6 Å². The summed E-state index contributed by atoms with van der Waals surface area (Å²) in [6, 6.07) is 14.3. The van der Waals surface area contributed by atoms with Crippen LogP contribution < -0.4 is 20.5 Å². The normalized spacial score (nSPS) is 12.9. The zero-order valence-electron chi connectivity index (χ0n) is 21.4. The van der Waals surface area contributed by atoms with Gasteiger partial charge in [0, 0.05) is 11.8 Å². The maximum absolute atomic E-state index is 13.7. The molecule has 0 radical (unpaired) electrons. The Morgan fingerprint density at radius 2 is 1.95 bits per heavy atom. The molecule has 200 valence electrons. The number of aromatic nitrogens is 2. The van der Waals surface area contributed by atoms with Crippen LogP contribution in [0, 0.1) is 0 Å². The SMILES string of the molecule is COc1cc(C=NNC(=O)CSc2nc3sc4c(c3c(=O)n2-c2ccccc2)CCCC4)ccc1OC(C)=O. The molecule has 1 amide bonds. The van der Waals surface area contributed by atoms with Crippen LogP contribution in [0.3, 0.4) is 0 Å². The smallest absolute Gasteiger partial charge is 0.308 e. The average molecular weight is 563 g/mol. The molecule has 2 heterocycles. The molecular formula is C28H26N4O5S2. The minimum absolute atomic E-state index is 0.0158. The lowest BCUT2D eigenvalue weighted by molar-refractivity contribution is -0.132. The summed E-state index contributed by atoms with van der Waals surface area (Å²) in [4.78, 5) is 44.4. The van der Waals surface area contributed by atoms with Crippen molar-refractivity contribution in [3.8, 4) is 17.2 Å². The molecule has 1 aliphatic rings. The predicted octanol–water partition coefficient (Wildman–Crippen LogP) is 4.50. The Kier molecular flexibility index (Phi) is 8.08. The number of para-hydroxylation sites is 1. The second-order valence-corrected chi connectivity index (χ2v) is 10.9. The first kappa shape index (κ1) is 26.6. The van der Waals surface area contributed by atoms with E-state index in [2.05, 4.69) is 10.5 Å². The number of esters is 1. The third kappa shape index (κ3) is 5.89. The summed E-state index contributed by atoms with van der Waals surface area (Å²) in [6.45, 7) is 1.31. The zero-order chi connectivity index (χ0) is 27.4. The molecule has 2 aromatic carbocycles. The Labute approximate surface area is 232 Å². The van der Waals surface area contributed by atoms with Crippen molar-refractivity contribution in [1.82, 2.24) is 15.0 Å². The van der Waals surface area contributed by atoms with Crippen molar-refractivity contribution >= 4 is 51.4 Å². The summed E-state index contributed by atoms with van der Waals surface area (Å²) < 4.78 is 11.9. The first-order valence-corrected chi connectivity index (χ1v) is 14.2. The van der Waals surface area contributed by atoms with Crippen LogP contribution in [0.5, 0.6) is 11.5 Å². The van der Waals surface area contributed by atoms with Crippen LogP contribution in [-0.2, 0) is 22.4 Å². The van der Waals surface area contributed by atoms with Crippen LogP contribution >= 0.6 is 23.1 Å². The van der Waals surface area contributed by atoms with Gasteiger partial charge >= 0.3 is 5.97 Å². The minimum atomic E-state index is -0.454. The number of hydrogen-bond acceptors (Lipinski definition) is 9. The molecule has 1 N–H and O–H groups in total. The van der Waals surface area contributed by atoms with Gasteiger partial charge in [0.2, 0.25) is 0 Å². The van der Waals surface area contributed by atoms with Crippen molar-refractivity contribution in [2.75, 3.05) is 12.9 Å². The molecule has 11 heteroatoms. The Hall–Kier alpha value is -3.96. The van der Waals surface area contributed by atoms with Gasteiger partial charge in [-0.15, -0.1) is 11.3 Å². The largest absolute Gasteiger partial charge is 0.493 e. The van der Waals surface area contributed by atoms with Gasteiger partial charge in [0.25, 0.3) is 11.5 Å². The minimum Gasteiger partial charge on any atom is -0.493 e. The van der Waals surface area contributed by atoms with Crippen LogP contribution in [-0.4, -0.2) is 40.5 Å². The average Bonchev–Trinajstić information content (AvgIpc) is 3.31. The van der Waals surface area contributed by atoms with Gasteiger partial charge in [-0.25, -0.2) is 10.4 Å². The number of aryl methyl sites for hydroxylation is 2. The molecule has 0 spiro atoms. The van der Waals surface area contributed by atoms with Gasteiger partial charge in [-0.2, -0.15) is 5.10 Å². The topological polar surface area (TPSA) is 112 Å². The second-order valence-electron chi connectivity index (χ2n) is 8.85. The molecule has 0 saturated carbocycles. The summed E-state index contributed by atoms with van der Waals surface area (Å²) in [6.07, 6.45) is 5.53. The number of hydrazone groups is 1. The number of carbonyl (C=O) groups is 2. The lowest BCUT2D eigenvalue weighted by Gasteiger charge is -2.13. The third-order valence-electron chi connectivity index (χ3n) is 6.15. The molecule has 0 fully saturated rings. The second kappa shape index (κ2) is 11.8. The van der Waals surface area contributed by atoms with E-state index in [4.69, 9.17) is 14.5 Å². The highest BCUT2D eigenvalue weighted by Crippen LogP contribution is 2.35. The lowest BCUT2D eigenvalue weighted by atomic mass is 9.97. The number of benzene rings is 2. The standard InChI is InChI=1S/C28H26N4O5S2/c1-17(33)37-21-13-12-18(14-22(21)36-2)15-29-31-24(34)16-38-28-30-26-25(20-10-6-7-11-23(20)39-26)27(35)32(28)19-8-4-3-5-9-19/h3-5,8-9,12-15H,6-7,10-11,16H2,1-2H3,(H,31,34). The van der Waals surface area contributed by atoms with E-state index in [1.54, 1.807) is 34.1 Å². The van der Waals surface area contributed by atoms with E-state index in [1.165, 1.54) is 36.9 Å². The fourth-order valence-corrected chi connectivity index (χ4v) is 6.54. The van der Waals surface area contributed by atoms with Gasteiger partial charge in [0.1, 0.15) is 4.83 Å². The molecule has 0 saturated heterocycles. The quantitative estimate of drug-likeness (QED) is 0.0840. The highest BCUT2D eigenvalue weighted by Gasteiger charge is 2.23. The fraction of sp³-hybridized carbons (Fsp3) is 0.250. The van der Waals surface area contributed by atoms with Crippen molar-refractivity contribution in [3.05, 3.63) is 74.9 Å². The van der Waals surface area contributed by atoms with E-state index in [9.17, 15) is 14.4 Å². The van der Waals surface area contributed by atoms with Crippen LogP contribution in [0.25, 0.3) is 15.9 Å². The Bertz CT molecular complexity index is 1630. The van der Waals surface area contributed by atoms with E-state index in [1.807, 2.05) is 30.3 Å². The number of amides is 1. The molecule has 0 bridgehead atoms. The van der Waals surface area contributed by atoms with Gasteiger partial charge in [0.15, 0.2) is 16.7 Å². The Balaban J connectivity index is 1.34. The highest BCUT2D eigenvalue weighted by atomic mass is 32.2. The first-order chi connectivity index (χ1) is 18.9.